The summed E-state index contributed by atoms with van der Waals surface area (Å²) in [6.07, 6.45) is 0.881. The van der Waals surface area contributed by atoms with Gasteiger partial charge in [-0.05, 0) is 18.6 Å². The van der Waals surface area contributed by atoms with E-state index in [4.69, 9.17) is 21.4 Å². The van der Waals surface area contributed by atoms with Crippen molar-refractivity contribution in [3.05, 3.63) is 23.5 Å². The Morgan fingerprint density at radius 3 is 3.04 bits per heavy atom. The molecule has 2 aromatic rings. The number of likely N-dealkylation sites (tertiary alicyclic amines) is 1. The van der Waals surface area contributed by atoms with Crippen molar-refractivity contribution in [1.29, 1.82) is 0 Å². The Balaban J connectivity index is 1.52. The van der Waals surface area contributed by atoms with Crippen molar-refractivity contribution in [3.63, 3.8) is 0 Å². The van der Waals surface area contributed by atoms with Crippen LogP contribution in [0.5, 0.6) is 0 Å². The Morgan fingerprint density at radius 1 is 1.48 bits per heavy atom. The van der Waals surface area contributed by atoms with Gasteiger partial charge >= 0.3 is 6.09 Å². The third-order valence-corrected chi connectivity index (χ3v) is 3.62. The van der Waals surface area contributed by atoms with Crippen LogP contribution in [0.2, 0.25) is 5.15 Å². The molecule has 1 aliphatic heterocycles. The highest BCUT2D eigenvalue weighted by Crippen LogP contribution is 2.13. The minimum Gasteiger partial charge on any atom is -0.465 e. The van der Waals surface area contributed by atoms with Gasteiger partial charge in [0.15, 0.2) is 11.5 Å². The average Bonchev–Trinajstić information content (AvgIpc) is 3.10. The lowest BCUT2D eigenvalue weighted by Crippen LogP contribution is -2.29. The summed E-state index contributed by atoms with van der Waals surface area (Å²) in [6, 6.07) is 3.29. The topological polar surface area (TPSA) is 109 Å². The van der Waals surface area contributed by atoms with Gasteiger partial charge in [0.25, 0.3) is 5.91 Å². The second-order valence-electron chi connectivity index (χ2n) is 5.08. The summed E-state index contributed by atoms with van der Waals surface area (Å²) < 4.78 is 6.88. The van der Waals surface area contributed by atoms with Crippen molar-refractivity contribution in [2.24, 2.45) is 0 Å². The Bertz CT molecular complexity index is 749. The molecule has 1 atom stereocenters. The number of rotatable bonds is 4. The van der Waals surface area contributed by atoms with Crippen molar-refractivity contribution in [1.82, 2.24) is 19.5 Å². The summed E-state index contributed by atoms with van der Waals surface area (Å²) in [6.45, 7) is 0.528. The van der Waals surface area contributed by atoms with E-state index in [1.807, 2.05) is 0 Å². The van der Waals surface area contributed by atoms with Crippen LogP contribution in [0.15, 0.2) is 18.3 Å². The number of carbonyl (C=O) groups excluding carboxylic acids is 1. The van der Waals surface area contributed by atoms with Gasteiger partial charge in [0.1, 0.15) is 11.8 Å². The lowest BCUT2D eigenvalue weighted by Gasteiger charge is -2.12. The van der Waals surface area contributed by atoms with E-state index in [1.54, 1.807) is 18.3 Å². The number of nitrogens with one attached hydrogen (secondary N) is 1. The number of hydrogen-bond acceptors (Lipinski definition) is 5. The van der Waals surface area contributed by atoms with Crippen LogP contribution in [-0.4, -0.2) is 62.4 Å². The SMILES string of the molecule is O=C(CO[C@H]1CCN(C(=O)O)C1)Nc1cn2nc(Cl)ccc2n1. The van der Waals surface area contributed by atoms with Gasteiger partial charge in [-0.25, -0.2) is 14.3 Å². The van der Waals surface area contributed by atoms with Gasteiger partial charge in [-0.3, -0.25) is 4.79 Å². The molecule has 1 saturated heterocycles. The van der Waals surface area contributed by atoms with Crippen molar-refractivity contribution in [2.75, 3.05) is 25.0 Å². The van der Waals surface area contributed by atoms with Crippen LogP contribution >= 0.6 is 11.6 Å². The number of fused-ring (bicyclic) bond motifs is 1. The van der Waals surface area contributed by atoms with Gasteiger partial charge in [0, 0.05) is 6.54 Å². The second-order valence-corrected chi connectivity index (χ2v) is 5.47. The fourth-order valence-corrected chi connectivity index (χ4v) is 2.47. The molecule has 3 rings (SSSR count). The molecule has 23 heavy (non-hydrogen) atoms. The van der Waals surface area contributed by atoms with Crippen LogP contribution in [0.1, 0.15) is 6.42 Å². The van der Waals surface area contributed by atoms with E-state index in [9.17, 15) is 9.59 Å². The lowest BCUT2D eigenvalue weighted by molar-refractivity contribution is -0.122. The number of amides is 2. The molecule has 1 fully saturated rings. The summed E-state index contributed by atoms with van der Waals surface area (Å²) in [7, 11) is 0. The van der Waals surface area contributed by atoms with Crippen LogP contribution in [0.25, 0.3) is 5.65 Å². The normalized spacial score (nSPS) is 17.6. The molecule has 0 aromatic carbocycles. The van der Waals surface area contributed by atoms with E-state index in [1.165, 1.54) is 9.42 Å². The quantitative estimate of drug-likeness (QED) is 0.863. The Morgan fingerprint density at radius 2 is 2.30 bits per heavy atom. The maximum Gasteiger partial charge on any atom is 0.407 e. The van der Waals surface area contributed by atoms with E-state index in [0.29, 0.717) is 29.6 Å². The van der Waals surface area contributed by atoms with E-state index in [-0.39, 0.29) is 25.2 Å². The van der Waals surface area contributed by atoms with Gasteiger partial charge in [-0.2, -0.15) is 5.10 Å². The van der Waals surface area contributed by atoms with E-state index in [2.05, 4.69) is 15.4 Å². The average molecular weight is 340 g/mol. The number of halogens is 1. The Kier molecular flexibility index (Phi) is 4.30. The first-order valence-corrected chi connectivity index (χ1v) is 7.30. The molecule has 0 aliphatic carbocycles. The molecule has 2 N–H and O–H groups in total. The predicted molar refractivity (Wildman–Crippen MR) is 80.6 cm³/mol. The van der Waals surface area contributed by atoms with Crippen molar-refractivity contribution in [2.45, 2.75) is 12.5 Å². The van der Waals surface area contributed by atoms with E-state index in [0.717, 1.165) is 0 Å². The van der Waals surface area contributed by atoms with Gasteiger partial charge in [-0.1, -0.05) is 11.6 Å². The zero-order chi connectivity index (χ0) is 16.4. The zero-order valence-electron chi connectivity index (χ0n) is 12.0. The van der Waals surface area contributed by atoms with Gasteiger partial charge in [-0.15, -0.1) is 0 Å². The number of carboxylic acid groups (broad SMARTS) is 1. The summed E-state index contributed by atoms with van der Waals surface area (Å²) in [5.41, 5.74) is 0.554. The van der Waals surface area contributed by atoms with Gasteiger partial charge < -0.3 is 20.1 Å². The maximum absolute atomic E-state index is 11.9. The number of imidazole rings is 1. The van der Waals surface area contributed by atoms with Crippen molar-refractivity contribution in [3.8, 4) is 0 Å². The molecule has 0 radical (unpaired) electrons. The van der Waals surface area contributed by atoms with Crippen LogP contribution in [0.4, 0.5) is 10.6 Å². The lowest BCUT2D eigenvalue weighted by atomic mass is 10.3. The molecular weight excluding hydrogens is 326 g/mol. The number of anilines is 1. The summed E-state index contributed by atoms with van der Waals surface area (Å²) in [5, 5.41) is 15.8. The first-order chi connectivity index (χ1) is 11.0. The van der Waals surface area contributed by atoms with Crippen LogP contribution in [0, 0.1) is 0 Å². The van der Waals surface area contributed by atoms with Gasteiger partial charge in [0.05, 0.1) is 18.8 Å². The number of hydrogen-bond donors (Lipinski definition) is 2. The zero-order valence-corrected chi connectivity index (χ0v) is 12.7. The molecule has 122 valence electrons. The Hall–Kier alpha value is -2.39. The fraction of sp³-hybridized carbons (Fsp3) is 0.385. The molecule has 3 heterocycles. The van der Waals surface area contributed by atoms with Crippen molar-refractivity contribution >= 4 is 35.1 Å². The minimum absolute atomic E-state index is 0.166. The molecule has 2 aromatic heterocycles. The molecule has 0 spiro atoms. The molecule has 10 heteroatoms. The predicted octanol–water partition coefficient (Wildman–Crippen LogP) is 1.09. The monoisotopic (exact) mass is 339 g/mol. The van der Waals surface area contributed by atoms with Crippen LogP contribution in [-0.2, 0) is 9.53 Å². The number of nitrogens with zero attached hydrogens (tertiary/aromatic N) is 4. The fourth-order valence-electron chi connectivity index (χ4n) is 2.33. The summed E-state index contributed by atoms with van der Waals surface area (Å²) in [5.74, 6) is -0.0276. The largest absolute Gasteiger partial charge is 0.465 e. The second kappa shape index (κ2) is 6.39. The number of carbonyl (C=O) groups is 2. The highest BCUT2D eigenvalue weighted by molar-refractivity contribution is 6.29. The first-order valence-electron chi connectivity index (χ1n) is 6.92. The molecule has 9 nitrogen and oxygen atoms in total. The molecule has 1 aliphatic rings. The summed E-state index contributed by atoms with van der Waals surface area (Å²) >= 11 is 5.78. The highest BCUT2D eigenvalue weighted by atomic mass is 35.5. The maximum atomic E-state index is 11.9. The molecule has 2 amide bonds. The molecular formula is C13H14ClN5O4. The Labute approximate surface area is 135 Å². The van der Waals surface area contributed by atoms with Crippen LogP contribution < -0.4 is 5.32 Å². The smallest absolute Gasteiger partial charge is 0.407 e. The van der Waals surface area contributed by atoms with E-state index >= 15 is 0 Å². The minimum atomic E-state index is -0.976. The molecule has 0 saturated carbocycles. The third kappa shape index (κ3) is 3.69. The van der Waals surface area contributed by atoms with Gasteiger partial charge in [0.2, 0.25) is 0 Å². The van der Waals surface area contributed by atoms with E-state index < -0.39 is 6.09 Å². The molecule has 0 bridgehead atoms. The third-order valence-electron chi connectivity index (χ3n) is 3.42. The van der Waals surface area contributed by atoms with Crippen molar-refractivity contribution < 1.29 is 19.4 Å². The van der Waals surface area contributed by atoms with Crippen LogP contribution in [0.3, 0.4) is 0 Å². The first kappa shape index (κ1) is 15.5. The standard InChI is InChI=1S/C13H14ClN5O4/c14-9-1-2-11-15-10(6-19(11)17-9)16-12(20)7-23-8-3-4-18(5-8)13(21)22/h1-2,6,8H,3-5,7H2,(H,16,20)(H,21,22)/t8-/m0/s1. The molecule has 0 unspecified atom stereocenters. The number of aromatic nitrogens is 3. The number of ether oxygens (including phenoxy) is 1. The highest BCUT2D eigenvalue weighted by Gasteiger charge is 2.26. The summed E-state index contributed by atoms with van der Waals surface area (Å²) in [4.78, 5) is 28.1.